The predicted octanol–water partition coefficient (Wildman–Crippen LogP) is 4.67. The summed E-state index contributed by atoms with van der Waals surface area (Å²) in [6.45, 7) is 10.8. The Morgan fingerprint density at radius 2 is 1.94 bits per heavy atom. The molecule has 3 atom stereocenters. The first kappa shape index (κ1) is 22.8. The Hall–Kier alpha value is -2.41. The molecule has 0 bridgehead atoms. The lowest BCUT2D eigenvalue weighted by molar-refractivity contribution is -0.120. The van der Waals surface area contributed by atoms with Gasteiger partial charge in [-0.1, -0.05) is 62.7 Å². The lowest BCUT2D eigenvalue weighted by atomic mass is 9.78. The summed E-state index contributed by atoms with van der Waals surface area (Å²) >= 11 is 1.38. The predicted molar refractivity (Wildman–Crippen MR) is 129 cm³/mol. The molecule has 32 heavy (non-hydrogen) atoms. The van der Waals surface area contributed by atoms with Gasteiger partial charge in [0.15, 0.2) is 0 Å². The summed E-state index contributed by atoms with van der Waals surface area (Å²) in [4.78, 5) is 21.8. The average molecular weight is 452 g/mol. The van der Waals surface area contributed by atoms with Crippen LogP contribution in [0.5, 0.6) is 0 Å². The van der Waals surface area contributed by atoms with Crippen LogP contribution in [0.4, 0.5) is 0 Å². The van der Waals surface area contributed by atoms with E-state index >= 15 is 0 Å². The molecule has 6 nitrogen and oxygen atoms in total. The first-order valence-corrected chi connectivity index (χ1v) is 12.5. The zero-order chi connectivity index (χ0) is 22.8. The number of nitrogens with one attached hydrogen (secondary N) is 1. The van der Waals surface area contributed by atoms with Gasteiger partial charge in [0.25, 0.3) is 5.78 Å². The van der Waals surface area contributed by atoms with E-state index in [-0.39, 0.29) is 11.9 Å². The molecule has 1 aliphatic rings. The number of amides is 1. The second kappa shape index (κ2) is 9.61. The maximum atomic E-state index is 12.6. The fraction of sp³-hybridized carbons (Fsp3) is 0.520. The van der Waals surface area contributed by atoms with Gasteiger partial charge < -0.3 is 5.32 Å². The van der Waals surface area contributed by atoms with E-state index in [1.54, 1.807) is 0 Å². The highest BCUT2D eigenvalue weighted by atomic mass is 32.2. The third-order valence-electron chi connectivity index (χ3n) is 7.04. The van der Waals surface area contributed by atoms with E-state index in [2.05, 4.69) is 67.4 Å². The number of thioether (sulfide) groups is 1. The van der Waals surface area contributed by atoms with Crippen molar-refractivity contribution in [3.05, 3.63) is 52.3 Å². The van der Waals surface area contributed by atoms with Gasteiger partial charge in [-0.3, -0.25) is 4.79 Å². The number of hydrogen-bond acceptors (Lipinski definition) is 5. The van der Waals surface area contributed by atoms with Crippen LogP contribution in [-0.2, 0) is 11.2 Å². The Bertz CT molecular complexity index is 1120. The molecular formula is C25H33N5OS. The van der Waals surface area contributed by atoms with Crippen LogP contribution in [0, 0.1) is 32.6 Å². The van der Waals surface area contributed by atoms with Crippen LogP contribution < -0.4 is 5.32 Å². The highest BCUT2D eigenvalue weighted by Gasteiger charge is 2.28. The topological polar surface area (TPSA) is 72.2 Å². The Balaban J connectivity index is 1.46. The lowest BCUT2D eigenvalue weighted by Gasteiger charge is -2.34. The van der Waals surface area contributed by atoms with Gasteiger partial charge in [-0.25, -0.2) is 9.50 Å². The van der Waals surface area contributed by atoms with E-state index in [0.717, 1.165) is 24.2 Å². The minimum absolute atomic E-state index is 0.0564. The largest absolute Gasteiger partial charge is 0.352 e. The Morgan fingerprint density at radius 3 is 2.72 bits per heavy atom. The van der Waals surface area contributed by atoms with Crippen molar-refractivity contribution in [3.63, 3.8) is 0 Å². The molecule has 1 aliphatic carbocycles. The first-order chi connectivity index (χ1) is 15.3. The van der Waals surface area contributed by atoms with Crippen molar-refractivity contribution in [1.82, 2.24) is 24.9 Å². The van der Waals surface area contributed by atoms with Crippen molar-refractivity contribution in [2.24, 2.45) is 11.8 Å². The van der Waals surface area contributed by atoms with E-state index in [1.165, 1.54) is 41.3 Å². The molecule has 1 N–H and O–H groups in total. The molecule has 4 rings (SSSR count). The summed E-state index contributed by atoms with van der Waals surface area (Å²) in [5.74, 6) is 2.15. The number of carbonyl (C=O) groups is 1. The number of nitrogens with zero attached hydrogens (tertiary/aromatic N) is 4. The van der Waals surface area contributed by atoms with Crippen molar-refractivity contribution < 1.29 is 4.79 Å². The normalized spacial score (nSPS) is 21.1. The fourth-order valence-electron chi connectivity index (χ4n) is 4.67. The number of carbonyl (C=O) groups excluding carboxylic acids is 1. The van der Waals surface area contributed by atoms with Crippen molar-refractivity contribution >= 4 is 23.4 Å². The molecule has 1 aromatic carbocycles. The third kappa shape index (κ3) is 4.82. The summed E-state index contributed by atoms with van der Waals surface area (Å²) in [5.41, 5.74) is 5.75. The summed E-state index contributed by atoms with van der Waals surface area (Å²) < 4.78 is 1.81. The summed E-state index contributed by atoms with van der Waals surface area (Å²) in [6, 6.07) is 8.70. The summed E-state index contributed by atoms with van der Waals surface area (Å²) in [7, 11) is 0. The van der Waals surface area contributed by atoms with Crippen LogP contribution in [0.25, 0.3) is 5.78 Å². The molecule has 1 fully saturated rings. The Labute approximate surface area is 194 Å². The van der Waals surface area contributed by atoms with Crippen molar-refractivity contribution in [2.45, 2.75) is 71.5 Å². The van der Waals surface area contributed by atoms with Gasteiger partial charge >= 0.3 is 0 Å². The fourth-order valence-corrected chi connectivity index (χ4v) is 5.30. The number of rotatable bonds is 6. The van der Waals surface area contributed by atoms with Crippen LogP contribution in [0.15, 0.2) is 29.4 Å². The Kier molecular flexibility index (Phi) is 6.84. The van der Waals surface area contributed by atoms with E-state index in [0.29, 0.717) is 28.5 Å². The van der Waals surface area contributed by atoms with Gasteiger partial charge in [0.2, 0.25) is 11.1 Å². The van der Waals surface area contributed by atoms with Crippen LogP contribution in [-0.4, -0.2) is 37.3 Å². The second-order valence-corrected chi connectivity index (χ2v) is 10.1. The van der Waals surface area contributed by atoms with Crippen LogP contribution in [0.3, 0.4) is 0 Å². The van der Waals surface area contributed by atoms with Gasteiger partial charge in [-0.15, -0.1) is 5.10 Å². The molecule has 0 aliphatic heterocycles. The van der Waals surface area contributed by atoms with Gasteiger partial charge in [0.05, 0.1) is 5.75 Å². The minimum Gasteiger partial charge on any atom is -0.352 e. The molecule has 2 heterocycles. The lowest BCUT2D eigenvalue weighted by Crippen LogP contribution is -2.44. The van der Waals surface area contributed by atoms with E-state index in [4.69, 9.17) is 4.98 Å². The highest BCUT2D eigenvalue weighted by Crippen LogP contribution is 2.29. The molecule has 0 unspecified atom stereocenters. The minimum atomic E-state index is 0.0564. The number of benzene rings is 1. The van der Waals surface area contributed by atoms with Gasteiger partial charge in [0.1, 0.15) is 0 Å². The van der Waals surface area contributed by atoms with Crippen LogP contribution in [0.2, 0.25) is 0 Å². The van der Waals surface area contributed by atoms with Crippen molar-refractivity contribution in [3.8, 4) is 0 Å². The van der Waals surface area contributed by atoms with E-state index in [9.17, 15) is 4.79 Å². The maximum Gasteiger partial charge on any atom is 0.253 e. The molecule has 0 saturated heterocycles. The van der Waals surface area contributed by atoms with E-state index < -0.39 is 0 Å². The molecule has 0 radical (unpaired) electrons. The standard InChI is InChI=1S/C25H33N5OS/c1-15-10-8-12-22(17(15)3)27-23(31)14-32-25-28-24-26-18(4)21(19(5)30(24)29-25)13-20-11-7-6-9-16(20)2/h6-7,9,11,15,17,22H,8,10,12-14H2,1-5H3,(H,27,31)/t15-,17-,22+/m0/s1. The number of hydrogen-bond donors (Lipinski definition) is 1. The monoisotopic (exact) mass is 451 g/mol. The van der Waals surface area contributed by atoms with Gasteiger partial charge in [0, 0.05) is 23.9 Å². The van der Waals surface area contributed by atoms with Crippen molar-refractivity contribution in [2.75, 3.05) is 5.75 Å². The number of aromatic nitrogens is 4. The quantitative estimate of drug-likeness (QED) is 0.551. The maximum absolute atomic E-state index is 12.6. The summed E-state index contributed by atoms with van der Waals surface area (Å²) in [5, 5.41) is 8.47. The van der Waals surface area contributed by atoms with E-state index in [1.807, 2.05) is 11.4 Å². The molecular weight excluding hydrogens is 418 g/mol. The second-order valence-electron chi connectivity index (χ2n) is 9.20. The molecule has 7 heteroatoms. The Morgan fingerprint density at radius 1 is 1.16 bits per heavy atom. The van der Waals surface area contributed by atoms with Crippen LogP contribution in [0.1, 0.15) is 61.2 Å². The van der Waals surface area contributed by atoms with Gasteiger partial charge in [-0.05, 0) is 55.7 Å². The molecule has 3 aromatic rings. The number of aryl methyl sites for hydroxylation is 3. The molecule has 0 spiro atoms. The highest BCUT2D eigenvalue weighted by molar-refractivity contribution is 7.99. The SMILES string of the molecule is Cc1ccccc1Cc1c(C)nc2nc(SCC(=O)N[C@@H]3CCC[C@H](C)[C@@H]3C)nn2c1C. The smallest absolute Gasteiger partial charge is 0.253 e. The number of fused-ring (bicyclic) bond motifs is 1. The van der Waals surface area contributed by atoms with Crippen LogP contribution >= 0.6 is 11.8 Å². The molecule has 1 saturated carbocycles. The average Bonchev–Trinajstić information content (AvgIpc) is 3.17. The summed E-state index contributed by atoms with van der Waals surface area (Å²) in [6.07, 6.45) is 4.33. The molecule has 170 valence electrons. The first-order valence-electron chi connectivity index (χ1n) is 11.5. The molecule has 2 aromatic heterocycles. The zero-order valence-electron chi connectivity index (χ0n) is 19.7. The van der Waals surface area contributed by atoms with Gasteiger partial charge in [-0.2, -0.15) is 4.98 Å². The third-order valence-corrected chi connectivity index (χ3v) is 7.88. The molecule has 1 amide bonds. The van der Waals surface area contributed by atoms with Crippen molar-refractivity contribution in [1.29, 1.82) is 0 Å². The zero-order valence-corrected chi connectivity index (χ0v) is 20.5.